The first-order chi connectivity index (χ1) is 14.5. The minimum absolute atomic E-state index is 0.288. The summed E-state index contributed by atoms with van der Waals surface area (Å²) in [6.07, 6.45) is -15.9. The van der Waals surface area contributed by atoms with E-state index in [2.05, 4.69) is 4.98 Å². The van der Waals surface area contributed by atoms with E-state index in [0.717, 1.165) is 12.3 Å². The molecule has 0 fully saturated rings. The van der Waals surface area contributed by atoms with Crippen LogP contribution in [0.15, 0.2) is 36.5 Å². The summed E-state index contributed by atoms with van der Waals surface area (Å²) in [5.41, 5.74) is -4.31. The molecule has 32 heavy (non-hydrogen) atoms. The van der Waals surface area contributed by atoms with E-state index in [0.29, 0.717) is 25.1 Å². The Bertz CT molecular complexity index is 962. The van der Waals surface area contributed by atoms with Crippen molar-refractivity contribution in [2.75, 3.05) is 0 Å². The van der Waals surface area contributed by atoms with Crippen LogP contribution in [-0.2, 0) is 17.1 Å². The highest BCUT2D eigenvalue weighted by Gasteiger charge is 2.40. The molecule has 0 saturated carbocycles. The van der Waals surface area contributed by atoms with Gasteiger partial charge in [-0.2, -0.15) is 39.5 Å². The molecule has 2 rings (SSSR count). The summed E-state index contributed by atoms with van der Waals surface area (Å²) >= 11 is 0. The molecule has 0 aliphatic rings. The van der Waals surface area contributed by atoms with Gasteiger partial charge in [0.2, 0.25) is 0 Å². The van der Waals surface area contributed by atoms with E-state index in [1.165, 1.54) is 0 Å². The van der Waals surface area contributed by atoms with E-state index in [-0.39, 0.29) is 6.07 Å². The Kier molecular flexibility index (Phi) is 7.25. The van der Waals surface area contributed by atoms with Gasteiger partial charge in [-0.25, -0.2) is 4.39 Å². The Hall–Kier alpha value is -2.66. The van der Waals surface area contributed by atoms with Gasteiger partial charge in [0, 0.05) is 25.0 Å². The molecule has 1 heterocycles. The number of hydrogen-bond acceptors (Lipinski definition) is 2. The largest absolute Gasteiger partial charge is 0.419 e. The first-order valence-corrected chi connectivity index (χ1v) is 8.99. The molecule has 1 aromatic carbocycles. The highest BCUT2D eigenvalue weighted by atomic mass is 19.4. The van der Waals surface area contributed by atoms with Gasteiger partial charge in [0.25, 0.3) is 0 Å². The average Bonchev–Trinajstić information content (AvgIpc) is 2.63. The lowest BCUT2D eigenvalue weighted by molar-refractivity contribution is -0.173. The fourth-order valence-electron chi connectivity index (χ4n) is 3.05. The van der Waals surface area contributed by atoms with Crippen LogP contribution in [0.1, 0.15) is 48.1 Å². The number of halogens is 10. The third-order valence-corrected chi connectivity index (χ3v) is 4.70. The number of benzene rings is 1. The monoisotopic (exact) mass is 475 g/mol. The van der Waals surface area contributed by atoms with Crippen molar-refractivity contribution < 1.29 is 48.7 Å². The fourth-order valence-corrected chi connectivity index (χ4v) is 3.05. The van der Waals surface area contributed by atoms with E-state index >= 15 is 0 Å². The van der Waals surface area contributed by atoms with Crippen molar-refractivity contribution in [1.29, 1.82) is 0 Å². The van der Waals surface area contributed by atoms with Gasteiger partial charge >= 0.3 is 18.5 Å². The molecule has 0 spiro atoms. The molecule has 0 aliphatic heterocycles. The van der Waals surface area contributed by atoms with Crippen molar-refractivity contribution in [3.05, 3.63) is 64.7 Å². The maximum absolute atomic E-state index is 14.1. The van der Waals surface area contributed by atoms with Crippen LogP contribution in [0.4, 0.5) is 43.9 Å². The number of pyridine rings is 1. The normalized spacial score (nSPS) is 14.8. The van der Waals surface area contributed by atoms with Crippen LogP contribution in [0.5, 0.6) is 0 Å². The van der Waals surface area contributed by atoms with Gasteiger partial charge in [-0.15, -0.1) is 0 Å². The van der Waals surface area contributed by atoms with Crippen LogP contribution in [0.2, 0.25) is 0 Å². The first kappa shape index (κ1) is 25.6. The Balaban J connectivity index is 2.55. The molecule has 2 aromatic rings. The van der Waals surface area contributed by atoms with Crippen LogP contribution >= 0.6 is 0 Å². The molecule has 0 saturated heterocycles. The Labute approximate surface area is 175 Å². The molecule has 0 N–H and O–H groups in total. The molecule has 0 unspecified atom stereocenters. The minimum atomic E-state index is -5.09. The molecule has 2 nitrogen and oxygen atoms in total. The van der Waals surface area contributed by atoms with E-state index < -0.39 is 77.2 Å². The quantitative estimate of drug-likeness (QED) is 0.424. The van der Waals surface area contributed by atoms with Crippen molar-refractivity contribution in [3.8, 4) is 0 Å². The summed E-state index contributed by atoms with van der Waals surface area (Å²) < 4.78 is 131. The summed E-state index contributed by atoms with van der Waals surface area (Å²) in [7, 11) is 0. The summed E-state index contributed by atoms with van der Waals surface area (Å²) in [5.74, 6) is -6.75. The second kappa shape index (κ2) is 9.07. The third-order valence-electron chi connectivity index (χ3n) is 4.70. The third kappa shape index (κ3) is 6.19. The Morgan fingerprint density at radius 3 is 2.00 bits per heavy atom. The van der Waals surface area contributed by atoms with Gasteiger partial charge < -0.3 is 0 Å². The van der Waals surface area contributed by atoms with E-state index in [1.54, 1.807) is 0 Å². The molecular formula is C20H15F10NO. The highest BCUT2D eigenvalue weighted by Crippen LogP contribution is 2.40. The number of ketones is 1. The van der Waals surface area contributed by atoms with Crippen LogP contribution in [-0.4, -0.2) is 16.9 Å². The van der Waals surface area contributed by atoms with Gasteiger partial charge in [0.05, 0.1) is 22.7 Å². The van der Waals surface area contributed by atoms with Crippen molar-refractivity contribution in [2.45, 2.75) is 44.2 Å². The predicted octanol–water partition coefficient (Wildman–Crippen LogP) is 6.94. The van der Waals surface area contributed by atoms with Crippen LogP contribution in [0.3, 0.4) is 0 Å². The summed E-state index contributed by atoms with van der Waals surface area (Å²) in [6.45, 7) is 0.701. The van der Waals surface area contributed by atoms with Crippen molar-refractivity contribution >= 4 is 5.78 Å². The maximum atomic E-state index is 14.1. The van der Waals surface area contributed by atoms with Crippen LogP contribution < -0.4 is 0 Å². The molecule has 2 atom stereocenters. The zero-order chi connectivity index (χ0) is 24.5. The van der Waals surface area contributed by atoms with Crippen LogP contribution in [0, 0.1) is 11.7 Å². The number of carbonyl (C=O) groups excluding carboxylic acids is 1. The number of hydrogen-bond donors (Lipinski definition) is 0. The molecule has 1 aromatic heterocycles. The van der Waals surface area contributed by atoms with E-state index in [9.17, 15) is 48.7 Å². The Morgan fingerprint density at radius 2 is 1.50 bits per heavy atom. The molecular weight excluding hydrogens is 460 g/mol. The molecule has 0 amide bonds. The summed E-state index contributed by atoms with van der Waals surface area (Å²) in [6, 6.07) is 2.79. The van der Waals surface area contributed by atoms with Gasteiger partial charge in [0.1, 0.15) is 11.6 Å². The number of alkyl halides is 9. The predicted molar refractivity (Wildman–Crippen MR) is 91.9 cm³/mol. The van der Waals surface area contributed by atoms with Gasteiger partial charge in [0.15, 0.2) is 0 Å². The second-order valence-electron chi connectivity index (χ2n) is 7.11. The number of rotatable bonds is 6. The molecule has 12 heteroatoms. The van der Waals surface area contributed by atoms with Gasteiger partial charge in [-0.3, -0.25) is 9.78 Å². The van der Waals surface area contributed by atoms with Crippen molar-refractivity contribution in [1.82, 2.24) is 4.98 Å². The minimum Gasteiger partial charge on any atom is -0.300 e. The average molecular weight is 475 g/mol. The van der Waals surface area contributed by atoms with Crippen molar-refractivity contribution in [2.24, 2.45) is 5.92 Å². The summed E-state index contributed by atoms with van der Waals surface area (Å²) in [5, 5.41) is 0. The molecule has 176 valence electrons. The number of nitrogens with zero attached hydrogens (tertiary/aromatic N) is 1. The first-order valence-electron chi connectivity index (χ1n) is 8.99. The second-order valence-corrected chi connectivity index (χ2v) is 7.11. The number of Topliss-reactive ketones (excluding diaryl/α,β-unsaturated/α-hetero) is 1. The van der Waals surface area contributed by atoms with E-state index in [4.69, 9.17) is 0 Å². The van der Waals surface area contributed by atoms with Crippen LogP contribution in [0.25, 0.3) is 0 Å². The van der Waals surface area contributed by atoms with E-state index in [1.807, 2.05) is 0 Å². The standard InChI is InChI=1S/C20H15F10NO/c1-10(18(22,23)24)7-12(32)9-13(17-15(20(28,29)30)3-2-6-31-17)11-4-5-14(16(21)8-11)19(25,26)27/h2-6,8,10,13H,7,9H2,1H3/t10-,13-/m0/s1. The topological polar surface area (TPSA) is 30.0 Å². The highest BCUT2D eigenvalue weighted by molar-refractivity contribution is 5.80. The Morgan fingerprint density at radius 1 is 0.906 bits per heavy atom. The van der Waals surface area contributed by atoms with Gasteiger partial charge in [-0.1, -0.05) is 13.0 Å². The smallest absolute Gasteiger partial charge is 0.300 e. The number of carbonyl (C=O) groups is 1. The zero-order valence-corrected chi connectivity index (χ0v) is 16.2. The lowest BCUT2D eigenvalue weighted by atomic mass is 9.85. The molecule has 0 radical (unpaired) electrons. The SMILES string of the molecule is C[C@@H](CC(=O)C[C@@H](c1ccc(C(F)(F)F)c(F)c1)c1ncccc1C(F)(F)F)C(F)(F)F. The van der Waals surface area contributed by atoms with Crippen molar-refractivity contribution in [3.63, 3.8) is 0 Å². The molecule has 0 bridgehead atoms. The van der Waals surface area contributed by atoms with Gasteiger partial charge in [-0.05, 0) is 29.8 Å². The zero-order valence-electron chi connectivity index (χ0n) is 16.2. The number of aromatic nitrogens is 1. The lowest BCUT2D eigenvalue weighted by Crippen LogP contribution is -2.24. The summed E-state index contributed by atoms with van der Waals surface area (Å²) in [4.78, 5) is 15.8. The maximum Gasteiger partial charge on any atom is 0.419 e. The fraction of sp³-hybridized carbons (Fsp3) is 0.400. The molecule has 0 aliphatic carbocycles. The lowest BCUT2D eigenvalue weighted by Gasteiger charge is -2.22.